The molecule has 0 aliphatic rings. The highest BCUT2D eigenvalue weighted by molar-refractivity contribution is 5.77. The van der Waals surface area contributed by atoms with Gasteiger partial charge in [0.25, 0.3) is 0 Å². The molecule has 4 heteroatoms. The van der Waals surface area contributed by atoms with Crippen molar-refractivity contribution in [1.82, 2.24) is 0 Å². The van der Waals surface area contributed by atoms with Crippen LogP contribution in [-0.2, 0) is 11.2 Å². The van der Waals surface area contributed by atoms with E-state index < -0.39 is 0 Å². The monoisotopic (exact) mass is 251 g/mol. The van der Waals surface area contributed by atoms with E-state index in [0.717, 1.165) is 18.4 Å². The molecule has 1 unspecified atom stereocenters. The molecular formula is C14H21NO3. The molecule has 1 aromatic carbocycles. The number of ketones is 1. The van der Waals surface area contributed by atoms with Crippen LogP contribution in [0.2, 0.25) is 0 Å². The highest BCUT2D eigenvalue weighted by Gasteiger charge is 2.09. The van der Waals surface area contributed by atoms with E-state index in [-0.39, 0.29) is 17.5 Å². The molecule has 100 valence electrons. The van der Waals surface area contributed by atoms with Gasteiger partial charge < -0.3 is 15.6 Å². The zero-order valence-electron chi connectivity index (χ0n) is 11.0. The Morgan fingerprint density at radius 2 is 2.22 bits per heavy atom. The summed E-state index contributed by atoms with van der Waals surface area (Å²) in [7, 11) is 0. The van der Waals surface area contributed by atoms with Crippen molar-refractivity contribution in [2.75, 3.05) is 13.2 Å². The van der Waals surface area contributed by atoms with E-state index in [0.29, 0.717) is 18.9 Å². The summed E-state index contributed by atoms with van der Waals surface area (Å²) in [6.07, 6.45) is 1.59. The zero-order chi connectivity index (χ0) is 13.5. The van der Waals surface area contributed by atoms with Gasteiger partial charge in [-0.2, -0.15) is 0 Å². The summed E-state index contributed by atoms with van der Waals surface area (Å²) in [6, 6.07) is 5.26. The summed E-state index contributed by atoms with van der Waals surface area (Å²) in [5.74, 6) is 0.834. The van der Waals surface area contributed by atoms with E-state index in [2.05, 4.69) is 0 Å². The normalized spacial score (nSPS) is 12.2. The molecule has 1 aromatic rings. The van der Waals surface area contributed by atoms with Crippen molar-refractivity contribution < 1.29 is 14.6 Å². The lowest BCUT2D eigenvalue weighted by molar-refractivity contribution is -0.120. The number of hydrogen-bond donors (Lipinski definition) is 2. The molecule has 0 aliphatic carbocycles. The van der Waals surface area contributed by atoms with Crippen molar-refractivity contribution in [2.45, 2.75) is 26.7 Å². The van der Waals surface area contributed by atoms with Crippen LogP contribution in [0, 0.1) is 5.92 Å². The largest absolute Gasteiger partial charge is 0.504 e. The number of ether oxygens (including phenoxy) is 1. The Balaban J connectivity index is 2.63. The van der Waals surface area contributed by atoms with Crippen LogP contribution in [-0.4, -0.2) is 24.0 Å². The van der Waals surface area contributed by atoms with Crippen LogP contribution in [0.3, 0.4) is 0 Å². The second-order valence-corrected chi connectivity index (χ2v) is 4.49. The highest BCUT2D eigenvalue weighted by Crippen LogP contribution is 2.27. The maximum atomic E-state index is 11.1. The molecule has 4 nitrogen and oxygen atoms in total. The number of carbonyl (C=O) groups excluding carboxylic acids is 1. The lowest BCUT2D eigenvalue weighted by Gasteiger charge is -2.10. The van der Waals surface area contributed by atoms with Gasteiger partial charge in [-0.05, 0) is 37.5 Å². The summed E-state index contributed by atoms with van der Waals surface area (Å²) in [4.78, 5) is 11.1. The van der Waals surface area contributed by atoms with E-state index in [4.69, 9.17) is 10.5 Å². The molecule has 1 atom stereocenters. The Hall–Kier alpha value is -1.55. The highest BCUT2D eigenvalue weighted by atomic mass is 16.5. The molecule has 0 amide bonds. The summed E-state index contributed by atoms with van der Waals surface area (Å²) in [5, 5.41) is 9.61. The van der Waals surface area contributed by atoms with Crippen molar-refractivity contribution in [3.63, 3.8) is 0 Å². The molecule has 0 saturated carbocycles. The Labute approximate surface area is 108 Å². The molecular weight excluding hydrogens is 230 g/mol. The van der Waals surface area contributed by atoms with Crippen molar-refractivity contribution in [2.24, 2.45) is 11.7 Å². The number of benzene rings is 1. The number of carbonyl (C=O) groups is 1. The number of aromatic hydroxyl groups is 1. The fourth-order valence-corrected chi connectivity index (χ4v) is 1.58. The van der Waals surface area contributed by atoms with Crippen LogP contribution in [0.5, 0.6) is 11.5 Å². The summed E-state index contributed by atoms with van der Waals surface area (Å²) >= 11 is 0. The lowest BCUT2D eigenvalue weighted by Crippen LogP contribution is -2.11. The number of phenols is 1. The maximum absolute atomic E-state index is 11.1. The number of rotatable bonds is 7. The van der Waals surface area contributed by atoms with E-state index in [1.165, 1.54) is 0 Å². The number of phenolic OH excluding ortho intramolecular Hbond substituents is 1. The second-order valence-electron chi connectivity index (χ2n) is 4.49. The minimum Gasteiger partial charge on any atom is -0.504 e. The van der Waals surface area contributed by atoms with Gasteiger partial charge in [-0.1, -0.05) is 13.0 Å². The Bertz CT molecular complexity index is 404. The van der Waals surface area contributed by atoms with Gasteiger partial charge in [0.1, 0.15) is 12.4 Å². The predicted molar refractivity (Wildman–Crippen MR) is 70.8 cm³/mol. The van der Waals surface area contributed by atoms with Gasteiger partial charge in [0.05, 0.1) is 0 Å². The number of nitrogens with two attached hydrogens (primary N) is 1. The van der Waals surface area contributed by atoms with Crippen LogP contribution < -0.4 is 10.5 Å². The standard InChI is InChI=1S/C14H21NO3/c1-10(11(2)16)3-4-12-5-6-13(17)14(9-12)18-8-7-15/h5-6,9-10,17H,3-4,7-8,15H2,1-2H3. The SMILES string of the molecule is CC(=O)C(C)CCc1ccc(O)c(OCCN)c1. The van der Waals surface area contributed by atoms with Crippen LogP contribution >= 0.6 is 0 Å². The van der Waals surface area contributed by atoms with Gasteiger partial charge in [-0.25, -0.2) is 0 Å². The Morgan fingerprint density at radius 1 is 1.50 bits per heavy atom. The topological polar surface area (TPSA) is 72.5 Å². The Kier molecular flexibility index (Phi) is 5.65. The number of aryl methyl sites for hydroxylation is 1. The smallest absolute Gasteiger partial charge is 0.161 e. The minimum absolute atomic E-state index is 0.0622. The lowest BCUT2D eigenvalue weighted by atomic mass is 9.98. The van der Waals surface area contributed by atoms with Gasteiger partial charge >= 0.3 is 0 Å². The molecule has 0 aliphatic heterocycles. The fourth-order valence-electron chi connectivity index (χ4n) is 1.58. The third kappa shape index (κ3) is 4.37. The summed E-state index contributed by atoms with van der Waals surface area (Å²) in [6.45, 7) is 4.32. The van der Waals surface area contributed by atoms with E-state index in [1.54, 1.807) is 19.1 Å². The molecule has 0 fully saturated rings. The van der Waals surface area contributed by atoms with Crippen LogP contribution in [0.1, 0.15) is 25.8 Å². The van der Waals surface area contributed by atoms with Crippen molar-refractivity contribution in [3.05, 3.63) is 23.8 Å². The molecule has 3 N–H and O–H groups in total. The number of Topliss-reactive ketones (excluding diaryl/α,β-unsaturated/α-hetero) is 1. The van der Waals surface area contributed by atoms with Gasteiger partial charge in [-0.15, -0.1) is 0 Å². The molecule has 0 heterocycles. The maximum Gasteiger partial charge on any atom is 0.161 e. The van der Waals surface area contributed by atoms with E-state index in [1.807, 2.05) is 13.0 Å². The van der Waals surface area contributed by atoms with E-state index >= 15 is 0 Å². The molecule has 0 aromatic heterocycles. The molecule has 1 rings (SSSR count). The molecule has 0 spiro atoms. The first-order valence-corrected chi connectivity index (χ1v) is 6.19. The van der Waals surface area contributed by atoms with Gasteiger partial charge in [0, 0.05) is 12.5 Å². The van der Waals surface area contributed by atoms with Crippen molar-refractivity contribution in [3.8, 4) is 11.5 Å². The molecule has 0 saturated heterocycles. The average Bonchev–Trinajstić information content (AvgIpc) is 2.35. The van der Waals surface area contributed by atoms with Crippen LogP contribution in [0.25, 0.3) is 0 Å². The fraction of sp³-hybridized carbons (Fsp3) is 0.500. The second kappa shape index (κ2) is 7.01. The summed E-state index contributed by atoms with van der Waals surface area (Å²) in [5.41, 5.74) is 6.40. The Morgan fingerprint density at radius 3 is 2.83 bits per heavy atom. The first-order chi connectivity index (χ1) is 8.54. The van der Waals surface area contributed by atoms with Crippen LogP contribution in [0.15, 0.2) is 18.2 Å². The quantitative estimate of drug-likeness (QED) is 0.776. The van der Waals surface area contributed by atoms with Crippen molar-refractivity contribution in [1.29, 1.82) is 0 Å². The minimum atomic E-state index is 0.0622. The molecule has 18 heavy (non-hydrogen) atoms. The third-order valence-corrected chi connectivity index (χ3v) is 2.96. The predicted octanol–water partition coefficient (Wildman–Crippen LogP) is 1.89. The average molecular weight is 251 g/mol. The van der Waals surface area contributed by atoms with E-state index in [9.17, 15) is 9.90 Å². The van der Waals surface area contributed by atoms with Gasteiger partial charge in [-0.3, -0.25) is 4.79 Å². The molecule has 0 bridgehead atoms. The third-order valence-electron chi connectivity index (χ3n) is 2.96. The van der Waals surface area contributed by atoms with Crippen LogP contribution in [0.4, 0.5) is 0 Å². The van der Waals surface area contributed by atoms with Gasteiger partial charge in [0.15, 0.2) is 11.5 Å². The first-order valence-electron chi connectivity index (χ1n) is 6.19. The van der Waals surface area contributed by atoms with Crippen molar-refractivity contribution >= 4 is 5.78 Å². The van der Waals surface area contributed by atoms with Gasteiger partial charge in [0.2, 0.25) is 0 Å². The summed E-state index contributed by atoms with van der Waals surface area (Å²) < 4.78 is 5.34. The zero-order valence-corrected chi connectivity index (χ0v) is 11.0. The molecule has 0 radical (unpaired) electrons. The number of hydrogen-bond acceptors (Lipinski definition) is 4. The first kappa shape index (κ1) is 14.5.